The molecule has 0 fully saturated rings. The fourth-order valence-corrected chi connectivity index (χ4v) is 2.78. The molecule has 0 aromatic heterocycles. The lowest BCUT2D eigenvalue weighted by atomic mass is 9.96. The van der Waals surface area contributed by atoms with E-state index >= 15 is 0 Å². The van der Waals surface area contributed by atoms with Crippen LogP contribution in [0.3, 0.4) is 0 Å². The highest BCUT2D eigenvalue weighted by Gasteiger charge is 2.33. The molecule has 1 aromatic carbocycles. The molecule has 8 nitrogen and oxygen atoms in total. The van der Waals surface area contributed by atoms with Gasteiger partial charge in [-0.15, -0.1) is 0 Å². The minimum absolute atomic E-state index is 0.0584. The van der Waals surface area contributed by atoms with Crippen LogP contribution in [-0.4, -0.2) is 23.1 Å². The Morgan fingerprint density at radius 1 is 0.926 bits per heavy atom. The van der Waals surface area contributed by atoms with Crippen molar-refractivity contribution in [1.82, 2.24) is 0 Å². The quantitative estimate of drug-likeness (QED) is 0.199. The molecular weight excluding hydrogens is 354 g/mol. The summed E-state index contributed by atoms with van der Waals surface area (Å²) in [5.41, 5.74) is -0.339. The molecule has 0 N–H and O–H groups in total. The average Bonchev–Trinajstić information content (AvgIpc) is 2.62. The van der Waals surface area contributed by atoms with Crippen molar-refractivity contribution in [2.24, 2.45) is 0 Å². The standard InChI is InChI=1S/C19H25NO7/c1-5-9-15(22)26-18-12(7-3)14(11-21)17(20(24)25)13(8-4)19(18)27-16(23)10-6-2/h11H,5-10H2,1-4H3. The molecule has 1 rings (SSSR count). The van der Waals surface area contributed by atoms with E-state index in [4.69, 9.17) is 9.47 Å². The fraction of sp³-hybridized carbons (Fsp3) is 0.526. The molecule has 0 spiro atoms. The number of esters is 2. The van der Waals surface area contributed by atoms with Gasteiger partial charge >= 0.3 is 11.9 Å². The van der Waals surface area contributed by atoms with E-state index in [0.717, 1.165) is 0 Å². The molecule has 0 heterocycles. The highest BCUT2D eigenvalue weighted by Crippen LogP contribution is 2.44. The number of carbonyl (C=O) groups excluding carboxylic acids is 3. The molecule has 0 amide bonds. The lowest BCUT2D eigenvalue weighted by molar-refractivity contribution is -0.385. The van der Waals surface area contributed by atoms with Crippen molar-refractivity contribution in [2.75, 3.05) is 0 Å². The number of rotatable bonds is 10. The number of ether oxygens (including phenoxy) is 2. The van der Waals surface area contributed by atoms with Crippen molar-refractivity contribution >= 4 is 23.9 Å². The predicted molar refractivity (Wildman–Crippen MR) is 98.3 cm³/mol. The van der Waals surface area contributed by atoms with Crippen molar-refractivity contribution in [3.05, 3.63) is 26.8 Å². The largest absolute Gasteiger partial charge is 0.422 e. The first kappa shape index (κ1) is 22.3. The monoisotopic (exact) mass is 379 g/mol. The summed E-state index contributed by atoms with van der Waals surface area (Å²) in [7, 11) is 0. The van der Waals surface area contributed by atoms with Crippen LogP contribution < -0.4 is 9.47 Å². The molecule has 0 atom stereocenters. The molecule has 0 aliphatic heterocycles. The molecule has 0 unspecified atom stereocenters. The Hall–Kier alpha value is -2.77. The molecule has 0 saturated carbocycles. The van der Waals surface area contributed by atoms with E-state index in [2.05, 4.69) is 0 Å². The van der Waals surface area contributed by atoms with Crippen LogP contribution in [-0.2, 0) is 22.4 Å². The molecule has 0 aliphatic carbocycles. The zero-order valence-corrected chi connectivity index (χ0v) is 16.1. The average molecular weight is 379 g/mol. The molecule has 0 aliphatic rings. The summed E-state index contributed by atoms with van der Waals surface area (Å²) >= 11 is 0. The van der Waals surface area contributed by atoms with Crippen LogP contribution in [0.1, 0.15) is 74.9 Å². The van der Waals surface area contributed by atoms with Crippen LogP contribution in [0.2, 0.25) is 0 Å². The number of nitro benzene ring substituents is 1. The van der Waals surface area contributed by atoms with Gasteiger partial charge in [-0.1, -0.05) is 27.7 Å². The number of carbonyl (C=O) groups is 3. The lowest BCUT2D eigenvalue weighted by Crippen LogP contribution is -2.17. The number of aldehydes is 1. The van der Waals surface area contributed by atoms with Gasteiger partial charge in [0.25, 0.3) is 5.69 Å². The highest BCUT2D eigenvalue weighted by molar-refractivity contribution is 5.90. The number of benzene rings is 1. The highest BCUT2D eigenvalue weighted by atomic mass is 16.6. The van der Waals surface area contributed by atoms with Crippen LogP contribution >= 0.6 is 0 Å². The van der Waals surface area contributed by atoms with Crippen molar-refractivity contribution in [1.29, 1.82) is 0 Å². The van der Waals surface area contributed by atoms with Gasteiger partial charge in [-0.2, -0.15) is 0 Å². The number of hydrogen-bond acceptors (Lipinski definition) is 7. The first-order valence-corrected chi connectivity index (χ1v) is 9.08. The van der Waals surface area contributed by atoms with Gasteiger partial charge in [0.1, 0.15) is 0 Å². The second-order valence-corrected chi connectivity index (χ2v) is 5.91. The normalized spacial score (nSPS) is 10.4. The maximum Gasteiger partial charge on any atom is 0.311 e. The van der Waals surface area contributed by atoms with E-state index in [-0.39, 0.29) is 53.9 Å². The van der Waals surface area contributed by atoms with E-state index in [0.29, 0.717) is 19.1 Å². The zero-order chi connectivity index (χ0) is 20.6. The van der Waals surface area contributed by atoms with Crippen molar-refractivity contribution in [3.8, 4) is 11.5 Å². The molecular formula is C19H25NO7. The maximum atomic E-state index is 12.1. The summed E-state index contributed by atoms with van der Waals surface area (Å²) in [6.07, 6.45) is 1.99. The van der Waals surface area contributed by atoms with Crippen LogP contribution in [0.5, 0.6) is 11.5 Å². The van der Waals surface area contributed by atoms with Gasteiger partial charge in [0, 0.05) is 18.4 Å². The maximum absolute atomic E-state index is 12.1. The van der Waals surface area contributed by atoms with Crippen molar-refractivity contribution < 1.29 is 28.8 Å². The summed E-state index contributed by atoms with van der Waals surface area (Å²) in [5.74, 6) is -1.37. The molecule has 0 bridgehead atoms. The van der Waals surface area contributed by atoms with Gasteiger partial charge in [0.2, 0.25) is 0 Å². The Morgan fingerprint density at radius 3 is 1.70 bits per heavy atom. The first-order valence-electron chi connectivity index (χ1n) is 9.08. The molecule has 8 heteroatoms. The first-order chi connectivity index (χ1) is 12.9. The van der Waals surface area contributed by atoms with Crippen molar-refractivity contribution in [2.45, 2.75) is 66.2 Å². The zero-order valence-electron chi connectivity index (χ0n) is 16.1. The molecule has 27 heavy (non-hydrogen) atoms. The van der Waals surface area contributed by atoms with Gasteiger partial charge in [-0.05, 0) is 25.7 Å². The minimum atomic E-state index is -0.670. The van der Waals surface area contributed by atoms with Gasteiger partial charge in [-0.25, -0.2) is 0 Å². The second-order valence-electron chi connectivity index (χ2n) is 5.91. The summed E-state index contributed by atoms with van der Waals surface area (Å²) in [6, 6.07) is 0. The third-order valence-corrected chi connectivity index (χ3v) is 3.97. The lowest BCUT2D eigenvalue weighted by Gasteiger charge is -2.19. The Labute approximate surface area is 158 Å². The van der Waals surface area contributed by atoms with Crippen LogP contribution in [0, 0.1) is 10.1 Å². The smallest absolute Gasteiger partial charge is 0.311 e. The topological polar surface area (TPSA) is 113 Å². The Morgan fingerprint density at radius 2 is 1.37 bits per heavy atom. The van der Waals surface area contributed by atoms with Gasteiger partial charge in [-0.3, -0.25) is 24.5 Å². The van der Waals surface area contributed by atoms with E-state index in [1.54, 1.807) is 27.7 Å². The van der Waals surface area contributed by atoms with E-state index in [9.17, 15) is 24.5 Å². The fourth-order valence-electron chi connectivity index (χ4n) is 2.78. The predicted octanol–water partition coefficient (Wildman–Crippen LogP) is 3.94. The summed E-state index contributed by atoms with van der Waals surface area (Å²) < 4.78 is 10.8. The Balaban J connectivity index is 3.81. The van der Waals surface area contributed by atoms with Gasteiger partial charge < -0.3 is 9.47 Å². The number of hydrogen-bond donors (Lipinski definition) is 0. The molecule has 148 valence electrons. The Bertz CT molecular complexity index is 740. The third kappa shape index (κ3) is 5.12. The Kier molecular flexibility index (Phi) is 8.58. The summed E-state index contributed by atoms with van der Waals surface area (Å²) in [4.78, 5) is 46.7. The minimum Gasteiger partial charge on any atom is -0.422 e. The summed E-state index contributed by atoms with van der Waals surface area (Å²) in [5, 5.41) is 11.6. The van der Waals surface area contributed by atoms with Crippen LogP contribution in [0.15, 0.2) is 0 Å². The van der Waals surface area contributed by atoms with E-state index < -0.39 is 22.5 Å². The molecule has 0 radical (unpaired) electrons. The van der Waals surface area contributed by atoms with Crippen LogP contribution in [0.25, 0.3) is 0 Å². The molecule has 0 saturated heterocycles. The SMILES string of the molecule is CCCC(=O)Oc1c(CC)c(C=O)c([N+](=O)[O-])c(CC)c1OC(=O)CCC. The van der Waals surface area contributed by atoms with Crippen LogP contribution in [0.4, 0.5) is 5.69 Å². The second kappa shape index (κ2) is 10.4. The number of nitrogens with zero attached hydrogens (tertiary/aromatic N) is 1. The van der Waals surface area contributed by atoms with Gasteiger partial charge in [0.05, 0.1) is 16.1 Å². The van der Waals surface area contributed by atoms with Gasteiger partial charge in [0.15, 0.2) is 17.8 Å². The summed E-state index contributed by atoms with van der Waals surface area (Å²) in [6.45, 7) is 6.90. The number of nitro groups is 1. The van der Waals surface area contributed by atoms with Crippen molar-refractivity contribution in [3.63, 3.8) is 0 Å². The third-order valence-electron chi connectivity index (χ3n) is 3.97. The van der Waals surface area contributed by atoms with E-state index in [1.165, 1.54) is 0 Å². The molecule has 1 aromatic rings. The van der Waals surface area contributed by atoms with E-state index in [1.807, 2.05) is 0 Å².